The summed E-state index contributed by atoms with van der Waals surface area (Å²) < 4.78 is 2.24. The van der Waals surface area contributed by atoms with E-state index in [4.69, 9.17) is 0 Å². The van der Waals surface area contributed by atoms with Crippen molar-refractivity contribution in [3.05, 3.63) is 48.1 Å². The number of benzene rings is 1. The average molecular weight is 340 g/mol. The van der Waals surface area contributed by atoms with Gasteiger partial charge in [0.25, 0.3) is 0 Å². The maximum Gasteiger partial charge on any atom is 0.322 e. The second kappa shape index (κ2) is 6.65. The summed E-state index contributed by atoms with van der Waals surface area (Å²) in [7, 11) is 0. The number of aromatic nitrogens is 2. The minimum absolute atomic E-state index is 0.0176. The van der Waals surface area contributed by atoms with Gasteiger partial charge in [0.05, 0.1) is 22.4 Å². The highest BCUT2D eigenvalue weighted by Crippen LogP contribution is 2.23. The summed E-state index contributed by atoms with van der Waals surface area (Å²) in [6, 6.07) is 12.1. The van der Waals surface area contributed by atoms with Crippen LogP contribution in [0.2, 0.25) is 0 Å². The van der Waals surface area contributed by atoms with Gasteiger partial charge in [0.2, 0.25) is 0 Å². The first-order valence-electron chi connectivity index (χ1n) is 8.29. The molecule has 3 aromatic rings. The SMILES string of the molecule is O=C(Nc1cccs1)N1CCC(Cn2cnc3ccccc32)CC1. The minimum atomic E-state index is 0.0176. The smallest absolute Gasteiger partial charge is 0.322 e. The number of hydrogen-bond donors (Lipinski definition) is 1. The number of nitrogens with zero attached hydrogens (tertiary/aromatic N) is 3. The van der Waals surface area contributed by atoms with Gasteiger partial charge in [-0.15, -0.1) is 11.3 Å². The first-order valence-corrected chi connectivity index (χ1v) is 9.17. The van der Waals surface area contributed by atoms with Crippen molar-refractivity contribution in [2.45, 2.75) is 19.4 Å². The summed E-state index contributed by atoms with van der Waals surface area (Å²) in [5.74, 6) is 0.591. The second-order valence-electron chi connectivity index (χ2n) is 6.22. The van der Waals surface area contributed by atoms with Crippen molar-refractivity contribution in [1.82, 2.24) is 14.5 Å². The Morgan fingerprint density at radius 3 is 2.83 bits per heavy atom. The summed E-state index contributed by atoms with van der Waals surface area (Å²) in [5, 5.41) is 5.85. The highest BCUT2D eigenvalue weighted by Gasteiger charge is 2.23. The van der Waals surface area contributed by atoms with Gasteiger partial charge in [-0.05, 0) is 48.4 Å². The molecule has 0 unspecified atom stereocenters. The molecule has 1 aliphatic rings. The third-order valence-electron chi connectivity index (χ3n) is 4.64. The Hall–Kier alpha value is -2.34. The van der Waals surface area contributed by atoms with Crippen LogP contribution in [0.3, 0.4) is 0 Å². The fourth-order valence-electron chi connectivity index (χ4n) is 3.29. The number of hydrogen-bond acceptors (Lipinski definition) is 3. The number of imidazole rings is 1. The highest BCUT2D eigenvalue weighted by atomic mass is 32.1. The number of carbonyl (C=O) groups is 1. The van der Waals surface area contributed by atoms with Crippen LogP contribution in [0.25, 0.3) is 11.0 Å². The number of urea groups is 1. The summed E-state index contributed by atoms with van der Waals surface area (Å²) in [5.41, 5.74) is 2.24. The predicted octanol–water partition coefficient (Wildman–Crippen LogP) is 4.04. The van der Waals surface area contributed by atoms with E-state index in [0.29, 0.717) is 5.92 Å². The molecule has 6 heteroatoms. The lowest BCUT2D eigenvalue weighted by atomic mass is 9.97. The first-order chi connectivity index (χ1) is 11.8. The molecule has 2 aromatic heterocycles. The zero-order valence-corrected chi connectivity index (χ0v) is 14.2. The third kappa shape index (κ3) is 3.14. The first kappa shape index (κ1) is 15.2. The van der Waals surface area contributed by atoms with E-state index in [1.165, 1.54) is 5.52 Å². The van der Waals surface area contributed by atoms with Gasteiger partial charge < -0.3 is 9.47 Å². The van der Waals surface area contributed by atoms with Crippen molar-refractivity contribution in [3.8, 4) is 0 Å². The van der Waals surface area contributed by atoms with Crippen LogP contribution in [0.1, 0.15) is 12.8 Å². The third-order valence-corrected chi connectivity index (χ3v) is 5.42. The van der Waals surface area contributed by atoms with Crippen LogP contribution in [-0.2, 0) is 6.54 Å². The summed E-state index contributed by atoms with van der Waals surface area (Å²) >= 11 is 1.55. The molecular weight excluding hydrogens is 320 g/mol. The van der Waals surface area contributed by atoms with E-state index in [0.717, 1.165) is 43.0 Å². The van der Waals surface area contributed by atoms with Crippen LogP contribution in [0.5, 0.6) is 0 Å². The minimum Gasteiger partial charge on any atom is -0.330 e. The fraction of sp³-hybridized carbons (Fsp3) is 0.333. The van der Waals surface area contributed by atoms with Gasteiger partial charge in [-0.2, -0.15) is 0 Å². The van der Waals surface area contributed by atoms with E-state index >= 15 is 0 Å². The highest BCUT2D eigenvalue weighted by molar-refractivity contribution is 7.14. The molecule has 1 fully saturated rings. The standard InChI is InChI=1S/C18H20N4OS/c23-18(20-17-6-3-11-24-17)21-9-7-14(8-10-21)12-22-13-19-15-4-1-2-5-16(15)22/h1-6,11,13-14H,7-10,12H2,(H,20,23). The number of nitrogens with one attached hydrogen (secondary N) is 1. The molecule has 3 heterocycles. The van der Waals surface area contributed by atoms with E-state index in [9.17, 15) is 4.79 Å². The number of anilines is 1. The van der Waals surface area contributed by atoms with Crippen molar-refractivity contribution in [3.63, 3.8) is 0 Å². The molecule has 1 N–H and O–H groups in total. The van der Waals surface area contributed by atoms with Gasteiger partial charge >= 0.3 is 6.03 Å². The Bertz CT molecular complexity index is 819. The molecule has 4 rings (SSSR count). The fourth-order valence-corrected chi connectivity index (χ4v) is 3.89. The van der Waals surface area contributed by atoms with Crippen LogP contribution >= 0.6 is 11.3 Å². The Balaban J connectivity index is 1.33. The van der Waals surface area contributed by atoms with E-state index in [1.54, 1.807) is 11.3 Å². The molecule has 1 saturated heterocycles. The van der Waals surface area contributed by atoms with Gasteiger partial charge in [-0.1, -0.05) is 12.1 Å². The van der Waals surface area contributed by atoms with Crippen molar-refractivity contribution < 1.29 is 4.79 Å². The number of thiophene rings is 1. The van der Waals surface area contributed by atoms with Crippen molar-refractivity contribution in [2.24, 2.45) is 5.92 Å². The van der Waals surface area contributed by atoms with E-state index in [-0.39, 0.29) is 6.03 Å². The maximum absolute atomic E-state index is 12.3. The number of piperidine rings is 1. The zero-order chi connectivity index (χ0) is 16.4. The molecule has 0 atom stereocenters. The van der Waals surface area contributed by atoms with Gasteiger partial charge in [0.15, 0.2) is 0 Å². The van der Waals surface area contributed by atoms with Crippen LogP contribution in [0.4, 0.5) is 9.80 Å². The molecule has 0 radical (unpaired) electrons. The van der Waals surface area contributed by atoms with Crippen LogP contribution in [-0.4, -0.2) is 33.6 Å². The molecule has 0 bridgehead atoms. The second-order valence-corrected chi connectivity index (χ2v) is 7.17. The van der Waals surface area contributed by atoms with E-state index in [2.05, 4.69) is 27.0 Å². The molecule has 1 aromatic carbocycles. The largest absolute Gasteiger partial charge is 0.330 e. The summed E-state index contributed by atoms with van der Waals surface area (Å²) in [6.45, 7) is 2.60. The number of carbonyl (C=O) groups excluding carboxylic acids is 1. The zero-order valence-electron chi connectivity index (χ0n) is 13.4. The lowest BCUT2D eigenvalue weighted by Gasteiger charge is -2.32. The van der Waals surface area contributed by atoms with Crippen LogP contribution < -0.4 is 5.32 Å². The van der Waals surface area contributed by atoms with Gasteiger partial charge in [-0.25, -0.2) is 9.78 Å². The topological polar surface area (TPSA) is 50.2 Å². The van der Waals surface area contributed by atoms with Gasteiger partial charge in [-0.3, -0.25) is 5.32 Å². The normalized spacial score (nSPS) is 15.8. The quantitative estimate of drug-likeness (QED) is 0.782. The number of rotatable bonds is 3. The Labute approximate surface area is 144 Å². The number of para-hydroxylation sites is 2. The molecular formula is C18H20N4OS. The van der Waals surface area contributed by atoms with Gasteiger partial charge in [0.1, 0.15) is 0 Å². The number of amides is 2. The van der Waals surface area contributed by atoms with Gasteiger partial charge in [0, 0.05) is 19.6 Å². The van der Waals surface area contributed by atoms with E-state index < -0.39 is 0 Å². The van der Waals surface area contributed by atoms with Crippen LogP contribution in [0.15, 0.2) is 48.1 Å². The lowest BCUT2D eigenvalue weighted by molar-refractivity contribution is 0.177. The Kier molecular flexibility index (Phi) is 4.21. The molecule has 24 heavy (non-hydrogen) atoms. The summed E-state index contributed by atoms with van der Waals surface area (Å²) in [6.07, 6.45) is 4.00. The molecule has 0 saturated carbocycles. The number of likely N-dealkylation sites (tertiary alicyclic amines) is 1. The molecule has 5 nitrogen and oxygen atoms in total. The summed E-state index contributed by atoms with van der Waals surface area (Å²) in [4.78, 5) is 18.6. The molecule has 124 valence electrons. The van der Waals surface area contributed by atoms with Crippen molar-refractivity contribution in [2.75, 3.05) is 18.4 Å². The predicted molar refractivity (Wildman–Crippen MR) is 97.4 cm³/mol. The van der Waals surface area contributed by atoms with Crippen LogP contribution in [0, 0.1) is 5.92 Å². The maximum atomic E-state index is 12.3. The van der Waals surface area contributed by atoms with Crippen molar-refractivity contribution >= 4 is 33.4 Å². The molecule has 0 aliphatic carbocycles. The number of fused-ring (bicyclic) bond motifs is 1. The lowest BCUT2D eigenvalue weighted by Crippen LogP contribution is -2.41. The average Bonchev–Trinajstić information content (AvgIpc) is 3.26. The molecule has 0 spiro atoms. The molecule has 1 aliphatic heterocycles. The Morgan fingerprint density at radius 1 is 1.21 bits per heavy atom. The van der Waals surface area contributed by atoms with Crippen molar-refractivity contribution in [1.29, 1.82) is 0 Å². The van der Waals surface area contributed by atoms with E-state index in [1.807, 2.05) is 40.9 Å². The molecule has 2 amide bonds. The Morgan fingerprint density at radius 2 is 2.04 bits per heavy atom. The monoisotopic (exact) mass is 340 g/mol.